The van der Waals surface area contributed by atoms with Crippen molar-refractivity contribution in [1.29, 1.82) is 0 Å². The summed E-state index contributed by atoms with van der Waals surface area (Å²) in [5.41, 5.74) is 2.54. The number of rotatable bonds is 2. The van der Waals surface area contributed by atoms with Gasteiger partial charge in [0, 0.05) is 25.4 Å². The van der Waals surface area contributed by atoms with Gasteiger partial charge in [-0.05, 0) is 24.5 Å². The van der Waals surface area contributed by atoms with Gasteiger partial charge in [-0.3, -0.25) is 14.6 Å². The lowest BCUT2D eigenvalue weighted by Gasteiger charge is -2.35. The van der Waals surface area contributed by atoms with E-state index in [4.69, 9.17) is 0 Å². The number of carbonyl (C=O) groups is 3. The van der Waals surface area contributed by atoms with Crippen LogP contribution in [0.15, 0.2) is 12.4 Å². The summed E-state index contributed by atoms with van der Waals surface area (Å²) in [6.45, 7) is 2.40. The van der Waals surface area contributed by atoms with Gasteiger partial charge in [0.15, 0.2) is 0 Å². The number of fused-ring (bicyclic) bond motifs is 1. The fraction of sp³-hybridized carbons (Fsp3) is 0.429. The summed E-state index contributed by atoms with van der Waals surface area (Å²) in [5.74, 6) is -0.246. The molecule has 2 amide bonds. The van der Waals surface area contributed by atoms with Crippen molar-refractivity contribution in [1.82, 2.24) is 15.2 Å². The Balaban J connectivity index is 1.90. The van der Waals surface area contributed by atoms with E-state index in [1.807, 2.05) is 6.92 Å². The molecule has 6 nitrogen and oxygen atoms in total. The lowest BCUT2D eigenvalue weighted by molar-refractivity contribution is -0.127. The predicted molar refractivity (Wildman–Crippen MR) is 69.9 cm³/mol. The molecule has 6 heteroatoms. The van der Waals surface area contributed by atoms with Crippen molar-refractivity contribution in [2.75, 3.05) is 0 Å². The average molecular weight is 273 g/mol. The fourth-order valence-electron chi connectivity index (χ4n) is 2.94. The molecule has 2 aliphatic heterocycles. The van der Waals surface area contributed by atoms with E-state index in [2.05, 4.69) is 10.3 Å². The highest BCUT2D eigenvalue weighted by molar-refractivity contribution is 5.99. The van der Waals surface area contributed by atoms with Crippen molar-refractivity contribution < 1.29 is 14.4 Å². The summed E-state index contributed by atoms with van der Waals surface area (Å²) in [4.78, 5) is 40.7. The molecular formula is C14H15N3O3. The van der Waals surface area contributed by atoms with E-state index in [-0.39, 0.29) is 17.9 Å². The Bertz CT molecular complexity index is 599. The molecule has 20 heavy (non-hydrogen) atoms. The Hall–Kier alpha value is -2.24. The minimum atomic E-state index is -0.622. The molecule has 0 radical (unpaired) electrons. The molecular weight excluding hydrogens is 258 g/mol. The van der Waals surface area contributed by atoms with E-state index >= 15 is 0 Å². The van der Waals surface area contributed by atoms with Gasteiger partial charge in [-0.15, -0.1) is 0 Å². The van der Waals surface area contributed by atoms with E-state index in [0.717, 1.165) is 11.1 Å². The third-order valence-electron chi connectivity index (χ3n) is 4.05. The monoisotopic (exact) mass is 273 g/mol. The fourth-order valence-corrected chi connectivity index (χ4v) is 2.94. The molecule has 0 aliphatic carbocycles. The third-order valence-corrected chi connectivity index (χ3v) is 4.05. The third kappa shape index (κ3) is 1.88. The van der Waals surface area contributed by atoms with Gasteiger partial charge in [0.25, 0.3) is 5.91 Å². The van der Waals surface area contributed by atoms with Crippen LogP contribution in [0.4, 0.5) is 0 Å². The predicted octanol–water partition coefficient (Wildman–Crippen LogP) is 0.192. The maximum absolute atomic E-state index is 12.4. The Morgan fingerprint density at radius 3 is 2.90 bits per heavy atom. The Morgan fingerprint density at radius 1 is 1.40 bits per heavy atom. The van der Waals surface area contributed by atoms with Gasteiger partial charge in [0.05, 0.1) is 11.6 Å². The zero-order valence-electron chi connectivity index (χ0n) is 11.1. The number of pyridine rings is 1. The SMILES string of the molecule is Cc1cncc2c1CN(C1CCC(=O)NC1C=O)C2=O. The maximum Gasteiger partial charge on any atom is 0.256 e. The Labute approximate surface area is 116 Å². The van der Waals surface area contributed by atoms with E-state index in [1.54, 1.807) is 17.3 Å². The van der Waals surface area contributed by atoms with Crippen LogP contribution in [0.25, 0.3) is 0 Å². The van der Waals surface area contributed by atoms with Crippen LogP contribution in [-0.2, 0) is 16.1 Å². The minimum Gasteiger partial charge on any atom is -0.344 e. The molecule has 1 saturated heterocycles. The van der Waals surface area contributed by atoms with Crippen molar-refractivity contribution >= 4 is 18.1 Å². The van der Waals surface area contributed by atoms with Crippen molar-refractivity contribution in [2.45, 2.75) is 38.4 Å². The van der Waals surface area contributed by atoms with Gasteiger partial charge in [0.1, 0.15) is 12.3 Å². The van der Waals surface area contributed by atoms with E-state index < -0.39 is 6.04 Å². The standard InChI is InChI=1S/C14H15N3O3/c1-8-4-15-5-9-10(8)6-17(14(9)20)12-2-3-13(19)16-11(12)7-18/h4-5,7,11-12H,2-3,6H2,1H3,(H,16,19). The smallest absolute Gasteiger partial charge is 0.256 e. The number of amides is 2. The molecule has 2 atom stereocenters. The summed E-state index contributed by atoms with van der Waals surface area (Å²) in [7, 11) is 0. The van der Waals surface area contributed by atoms with Crippen molar-refractivity contribution in [3.63, 3.8) is 0 Å². The molecule has 104 valence electrons. The van der Waals surface area contributed by atoms with Crippen molar-refractivity contribution in [2.24, 2.45) is 0 Å². The largest absolute Gasteiger partial charge is 0.344 e. The Kier molecular flexibility index (Phi) is 3.00. The number of nitrogens with one attached hydrogen (secondary N) is 1. The summed E-state index contributed by atoms with van der Waals surface area (Å²) in [6, 6.07) is -0.896. The highest BCUT2D eigenvalue weighted by Crippen LogP contribution is 2.29. The zero-order chi connectivity index (χ0) is 14.3. The molecule has 1 N–H and O–H groups in total. The first-order chi connectivity index (χ1) is 9.61. The molecule has 0 spiro atoms. The summed E-state index contributed by atoms with van der Waals surface area (Å²) in [5, 5.41) is 2.64. The molecule has 3 heterocycles. The molecule has 0 aromatic carbocycles. The summed E-state index contributed by atoms with van der Waals surface area (Å²) >= 11 is 0. The van der Waals surface area contributed by atoms with Crippen LogP contribution in [0, 0.1) is 6.92 Å². The highest BCUT2D eigenvalue weighted by Gasteiger charge is 2.40. The molecule has 1 fully saturated rings. The molecule has 2 unspecified atom stereocenters. The lowest BCUT2D eigenvalue weighted by atomic mass is 9.97. The van der Waals surface area contributed by atoms with Crippen molar-refractivity contribution in [3.8, 4) is 0 Å². The van der Waals surface area contributed by atoms with Crippen LogP contribution in [-0.4, -0.2) is 40.1 Å². The normalized spacial score (nSPS) is 25.4. The van der Waals surface area contributed by atoms with Crippen LogP contribution in [0.3, 0.4) is 0 Å². The van der Waals surface area contributed by atoms with Crippen LogP contribution < -0.4 is 5.32 Å². The number of piperidine rings is 1. The lowest BCUT2D eigenvalue weighted by Crippen LogP contribution is -2.56. The van der Waals surface area contributed by atoms with E-state index in [0.29, 0.717) is 31.2 Å². The van der Waals surface area contributed by atoms with Crippen LogP contribution in [0.2, 0.25) is 0 Å². The first-order valence-electron chi connectivity index (χ1n) is 6.61. The average Bonchev–Trinajstić information content (AvgIpc) is 2.78. The number of nitrogens with zero attached hydrogens (tertiary/aromatic N) is 2. The van der Waals surface area contributed by atoms with Crippen LogP contribution >= 0.6 is 0 Å². The molecule has 1 aromatic rings. The van der Waals surface area contributed by atoms with E-state index in [1.165, 1.54) is 0 Å². The molecule has 1 aromatic heterocycles. The second-order valence-electron chi connectivity index (χ2n) is 5.25. The van der Waals surface area contributed by atoms with E-state index in [9.17, 15) is 14.4 Å². The number of aromatic nitrogens is 1. The zero-order valence-corrected chi connectivity index (χ0v) is 11.1. The summed E-state index contributed by atoms with van der Waals surface area (Å²) < 4.78 is 0. The first-order valence-corrected chi connectivity index (χ1v) is 6.61. The molecule has 2 aliphatic rings. The highest BCUT2D eigenvalue weighted by atomic mass is 16.2. The maximum atomic E-state index is 12.4. The quantitative estimate of drug-likeness (QED) is 0.780. The van der Waals surface area contributed by atoms with Gasteiger partial charge in [-0.25, -0.2) is 0 Å². The number of hydrogen-bond donors (Lipinski definition) is 1. The van der Waals surface area contributed by atoms with Gasteiger partial charge in [0.2, 0.25) is 5.91 Å². The number of aldehydes is 1. The van der Waals surface area contributed by atoms with Crippen LogP contribution in [0.5, 0.6) is 0 Å². The molecule has 0 saturated carbocycles. The first kappa shape index (κ1) is 12.8. The Morgan fingerprint density at radius 2 is 2.20 bits per heavy atom. The number of aryl methyl sites for hydroxylation is 1. The van der Waals surface area contributed by atoms with Gasteiger partial charge >= 0.3 is 0 Å². The van der Waals surface area contributed by atoms with Crippen molar-refractivity contribution in [3.05, 3.63) is 29.1 Å². The minimum absolute atomic E-state index is 0.107. The van der Waals surface area contributed by atoms with Crippen LogP contribution in [0.1, 0.15) is 34.3 Å². The van der Waals surface area contributed by atoms with Gasteiger partial charge in [-0.2, -0.15) is 0 Å². The summed E-state index contributed by atoms with van der Waals surface area (Å²) in [6.07, 6.45) is 4.87. The van der Waals surface area contributed by atoms with Gasteiger partial charge < -0.3 is 15.0 Å². The second-order valence-corrected chi connectivity index (χ2v) is 5.25. The molecule has 3 rings (SSSR count). The number of carbonyl (C=O) groups excluding carboxylic acids is 3. The topological polar surface area (TPSA) is 79.4 Å². The van der Waals surface area contributed by atoms with Gasteiger partial charge in [-0.1, -0.05) is 0 Å². The second kappa shape index (κ2) is 4.70. The molecule has 0 bridgehead atoms. The number of hydrogen-bond acceptors (Lipinski definition) is 4.